The van der Waals surface area contributed by atoms with E-state index in [1.54, 1.807) is 0 Å². The Balaban J connectivity index is 0.000000137. The summed E-state index contributed by atoms with van der Waals surface area (Å²) in [6.45, 7) is 0. The van der Waals surface area contributed by atoms with E-state index in [4.69, 9.17) is 19.9 Å². The van der Waals surface area contributed by atoms with Crippen molar-refractivity contribution < 1.29 is 0 Å². The largest absolute Gasteiger partial charge is 0.309 e. The molecule has 19 aromatic rings. The van der Waals surface area contributed by atoms with E-state index in [1.807, 2.05) is 54.9 Å². The number of benzene rings is 13. The molecule has 0 radical (unpaired) electrons. The first-order valence-corrected chi connectivity index (χ1v) is 31.5. The van der Waals surface area contributed by atoms with Gasteiger partial charge >= 0.3 is 0 Å². The van der Waals surface area contributed by atoms with Gasteiger partial charge in [0.1, 0.15) is 0 Å². The molecule has 0 spiro atoms. The summed E-state index contributed by atoms with van der Waals surface area (Å²) >= 11 is 0. The number of aromatic nitrogens is 6. The monoisotopic (exact) mass is 1180 g/mol. The molecule has 0 amide bonds. The zero-order valence-corrected chi connectivity index (χ0v) is 50.4. The molecule has 0 unspecified atom stereocenters. The summed E-state index contributed by atoms with van der Waals surface area (Å²) in [5, 5.41) is 14.6. The Labute approximate surface area is 536 Å². The topological polar surface area (TPSA) is 69.4 Å². The highest BCUT2D eigenvalue weighted by Gasteiger charge is 2.18. The molecule has 0 aliphatic rings. The van der Waals surface area contributed by atoms with Gasteiger partial charge in [-0.25, -0.2) is 19.9 Å². The molecule has 0 fully saturated rings. The number of pyridine rings is 5. The average Bonchev–Trinajstić information content (AvgIpc) is 1.22. The quantitative estimate of drug-likeness (QED) is 0.142. The molecule has 0 aliphatic carbocycles. The molecule has 0 bridgehead atoms. The van der Waals surface area contributed by atoms with Gasteiger partial charge < -0.3 is 4.57 Å². The number of fused-ring (bicyclic) bond motifs is 9. The molecular weight excluding hydrogens is 1130 g/mol. The molecule has 13 aromatic carbocycles. The molecule has 6 heterocycles. The Morgan fingerprint density at radius 1 is 0.226 bits per heavy atom. The Morgan fingerprint density at radius 2 is 0.591 bits per heavy atom. The molecule has 0 N–H and O–H groups in total. The van der Waals surface area contributed by atoms with Crippen molar-refractivity contribution in [2.24, 2.45) is 0 Å². The second kappa shape index (κ2) is 22.2. The standard InChI is InChI=1S/C45H28N2.C42H26N4/c1-3-9-42-38(7-1)39-8-2-4-10-43(39)47(42)35-21-15-31(16-22-35)37-24-18-33-19-25-40-36(23-17-32-20-26-41(37)45(33)44(32)40)30-13-11-29(12-14-30)34-6-5-27-46-28-34;1-3-8-27(9-4-1)35-22-18-29-14-16-31-20-24-37(45-41(31)39(29)43-35)33-12-7-13-34(26-33)38-25-21-32-17-15-30-19-23-36(28-10-5-2-6-11-28)44-40(30)42(32)46-38/h1-28H;1-26H. The summed E-state index contributed by atoms with van der Waals surface area (Å²) in [5.74, 6) is 0. The smallest absolute Gasteiger partial charge is 0.0972 e. The third-order valence-corrected chi connectivity index (χ3v) is 18.5. The summed E-state index contributed by atoms with van der Waals surface area (Å²) in [4.78, 5) is 24.8. The van der Waals surface area contributed by atoms with Crippen molar-refractivity contribution in [1.29, 1.82) is 0 Å². The molecule has 6 aromatic heterocycles. The SMILES string of the molecule is c1ccc(-c2ccc3ccc4ccc(-c5cccc(-c6ccc7ccc8ccc(-c9ccccc9)nc8c7n6)c5)nc4c3n2)cc1.c1cncc(-c2ccc(-c3ccc4ccc5c(-c6ccc(-n7c8ccccc8c8ccccc87)cc6)ccc6ccc3c4c65)cc2)c1. The maximum absolute atomic E-state index is 5.18. The molecule has 0 saturated heterocycles. The number of hydrogen-bond donors (Lipinski definition) is 0. The predicted octanol–water partition coefficient (Wildman–Crippen LogP) is 22.6. The van der Waals surface area contributed by atoms with Crippen molar-refractivity contribution in [1.82, 2.24) is 29.5 Å². The van der Waals surface area contributed by atoms with E-state index in [1.165, 1.54) is 87.6 Å². The van der Waals surface area contributed by atoms with Gasteiger partial charge in [0.25, 0.3) is 0 Å². The number of nitrogens with zero attached hydrogens (tertiary/aromatic N) is 6. The lowest BCUT2D eigenvalue weighted by Gasteiger charge is -2.17. The fourth-order valence-corrected chi connectivity index (χ4v) is 13.9. The van der Waals surface area contributed by atoms with Crippen LogP contribution in [0.2, 0.25) is 0 Å². The molecule has 0 saturated carbocycles. The van der Waals surface area contributed by atoms with E-state index < -0.39 is 0 Å². The molecule has 19 rings (SSSR count). The normalized spacial score (nSPS) is 11.7. The maximum Gasteiger partial charge on any atom is 0.0972 e. The minimum absolute atomic E-state index is 0.897. The van der Waals surface area contributed by atoms with Crippen molar-refractivity contribution >= 4 is 97.7 Å². The molecule has 6 heteroatoms. The summed E-state index contributed by atoms with van der Waals surface area (Å²) in [6, 6.07) is 112. The van der Waals surface area contributed by atoms with Gasteiger partial charge in [0, 0.05) is 72.7 Å². The highest BCUT2D eigenvalue weighted by atomic mass is 15.0. The summed E-state index contributed by atoms with van der Waals surface area (Å²) in [5.41, 5.74) is 22.4. The summed E-state index contributed by atoms with van der Waals surface area (Å²) in [6.07, 6.45) is 3.73. The van der Waals surface area contributed by atoms with Crippen LogP contribution in [0.4, 0.5) is 0 Å². The molecule has 93 heavy (non-hydrogen) atoms. The van der Waals surface area contributed by atoms with Crippen molar-refractivity contribution in [2.45, 2.75) is 0 Å². The first-order chi connectivity index (χ1) is 46.1. The summed E-state index contributed by atoms with van der Waals surface area (Å²) in [7, 11) is 0. The van der Waals surface area contributed by atoms with Crippen LogP contribution in [0.15, 0.2) is 328 Å². The lowest BCUT2D eigenvalue weighted by atomic mass is 9.87. The second-order valence-corrected chi connectivity index (χ2v) is 23.9. The Morgan fingerprint density at radius 3 is 1.04 bits per heavy atom. The van der Waals surface area contributed by atoms with Crippen LogP contribution >= 0.6 is 0 Å². The van der Waals surface area contributed by atoms with Gasteiger partial charge in [0.05, 0.1) is 55.9 Å². The highest BCUT2D eigenvalue weighted by molar-refractivity contribution is 6.27. The van der Waals surface area contributed by atoms with E-state index in [-0.39, 0.29) is 0 Å². The zero-order valence-electron chi connectivity index (χ0n) is 50.4. The van der Waals surface area contributed by atoms with E-state index in [0.717, 1.165) is 94.2 Å². The van der Waals surface area contributed by atoms with Crippen molar-refractivity contribution in [2.75, 3.05) is 0 Å². The zero-order chi connectivity index (χ0) is 61.3. The third-order valence-electron chi connectivity index (χ3n) is 18.5. The Kier molecular flexibility index (Phi) is 12.8. The van der Waals surface area contributed by atoms with E-state index in [2.05, 4.69) is 283 Å². The van der Waals surface area contributed by atoms with Crippen LogP contribution in [0, 0.1) is 0 Å². The summed E-state index contributed by atoms with van der Waals surface area (Å²) < 4.78 is 2.38. The molecular formula is C87H54N6. The number of hydrogen-bond acceptors (Lipinski definition) is 5. The van der Waals surface area contributed by atoms with Crippen LogP contribution in [0.1, 0.15) is 0 Å². The molecule has 6 nitrogen and oxygen atoms in total. The van der Waals surface area contributed by atoms with Gasteiger partial charge in [-0.1, -0.05) is 255 Å². The fourth-order valence-electron chi connectivity index (χ4n) is 13.9. The minimum Gasteiger partial charge on any atom is -0.309 e. The van der Waals surface area contributed by atoms with Gasteiger partial charge in [-0.2, -0.15) is 0 Å². The van der Waals surface area contributed by atoms with Crippen LogP contribution in [0.3, 0.4) is 0 Å². The van der Waals surface area contributed by atoms with E-state index in [9.17, 15) is 0 Å². The Hall–Kier alpha value is -12.5. The van der Waals surface area contributed by atoms with Crippen molar-refractivity contribution in [3.8, 4) is 84.1 Å². The van der Waals surface area contributed by atoms with Crippen molar-refractivity contribution in [3.05, 3.63) is 328 Å². The van der Waals surface area contributed by atoms with Gasteiger partial charge in [0.15, 0.2) is 0 Å². The van der Waals surface area contributed by atoms with Gasteiger partial charge in [-0.05, 0) is 126 Å². The van der Waals surface area contributed by atoms with Gasteiger partial charge in [-0.3, -0.25) is 4.98 Å². The number of rotatable bonds is 8. The third kappa shape index (κ3) is 9.39. The first-order valence-electron chi connectivity index (χ1n) is 31.5. The predicted molar refractivity (Wildman–Crippen MR) is 388 cm³/mol. The second-order valence-electron chi connectivity index (χ2n) is 23.9. The van der Waals surface area contributed by atoms with Gasteiger partial charge in [-0.15, -0.1) is 0 Å². The minimum atomic E-state index is 0.897. The fraction of sp³-hybridized carbons (Fsp3) is 0. The van der Waals surface area contributed by atoms with Crippen LogP contribution in [-0.2, 0) is 0 Å². The van der Waals surface area contributed by atoms with Crippen LogP contribution < -0.4 is 0 Å². The molecule has 432 valence electrons. The maximum atomic E-state index is 5.18. The lowest BCUT2D eigenvalue weighted by Crippen LogP contribution is -1.94. The van der Waals surface area contributed by atoms with Gasteiger partial charge in [0.2, 0.25) is 0 Å². The van der Waals surface area contributed by atoms with Crippen molar-refractivity contribution in [3.63, 3.8) is 0 Å². The van der Waals surface area contributed by atoms with E-state index in [0.29, 0.717) is 0 Å². The van der Waals surface area contributed by atoms with Crippen LogP contribution in [-0.4, -0.2) is 29.5 Å². The first kappa shape index (κ1) is 53.5. The molecule has 0 atom stereocenters. The molecule has 0 aliphatic heterocycles. The highest BCUT2D eigenvalue weighted by Crippen LogP contribution is 2.44. The van der Waals surface area contributed by atoms with Crippen LogP contribution in [0.5, 0.6) is 0 Å². The average molecular weight is 1180 g/mol. The number of para-hydroxylation sites is 2. The van der Waals surface area contributed by atoms with E-state index >= 15 is 0 Å². The lowest BCUT2D eigenvalue weighted by molar-refractivity contribution is 1.18. The Bertz CT molecular complexity index is 5850. The van der Waals surface area contributed by atoms with Crippen LogP contribution in [0.25, 0.3) is 182 Å².